The van der Waals surface area contributed by atoms with Crippen LogP contribution in [0.25, 0.3) is 10.8 Å². The smallest absolute Gasteiger partial charge is 0.147 e. The average molecular weight is 199 g/mol. The minimum Gasteiger partial charge on any atom is -0.308 e. The lowest BCUT2D eigenvalue weighted by atomic mass is 10.0. The van der Waals surface area contributed by atoms with Crippen molar-refractivity contribution in [2.75, 3.05) is 5.43 Å². The van der Waals surface area contributed by atoms with Crippen molar-refractivity contribution in [3.05, 3.63) is 36.0 Å². The Bertz CT molecular complexity index is 503. The Kier molecular flexibility index (Phi) is 1.86. The Balaban J connectivity index is 2.29. The van der Waals surface area contributed by atoms with Gasteiger partial charge < -0.3 is 5.43 Å². The largest absolute Gasteiger partial charge is 0.308 e. The van der Waals surface area contributed by atoms with Crippen molar-refractivity contribution in [2.45, 2.75) is 18.8 Å². The number of nitrogens with two attached hydrogens (primary N) is 1. The van der Waals surface area contributed by atoms with Crippen LogP contribution in [0.4, 0.5) is 5.82 Å². The Hall–Kier alpha value is -1.61. The number of hydrazine groups is 1. The second-order valence-electron chi connectivity index (χ2n) is 4.02. The van der Waals surface area contributed by atoms with E-state index < -0.39 is 0 Å². The Morgan fingerprint density at radius 3 is 2.80 bits per heavy atom. The quantitative estimate of drug-likeness (QED) is 0.576. The number of nitrogens with zero attached hydrogens (tertiary/aromatic N) is 1. The lowest BCUT2D eigenvalue weighted by Crippen LogP contribution is -2.08. The molecule has 0 radical (unpaired) electrons. The summed E-state index contributed by atoms with van der Waals surface area (Å²) in [5.41, 5.74) is 4.08. The van der Waals surface area contributed by atoms with Crippen LogP contribution in [0.2, 0.25) is 0 Å². The summed E-state index contributed by atoms with van der Waals surface area (Å²) < 4.78 is 0. The van der Waals surface area contributed by atoms with Crippen molar-refractivity contribution < 1.29 is 0 Å². The third-order valence-electron chi connectivity index (χ3n) is 2.99. The van der Waals surface area contributed by atoms with E-state index in [2.05, 4.69) is 34.7 Å². The van der Waals surface area contributed by atoms with E-state index >= 15 is 0 Å². The standard InChI is InChI=1S/C12H13N3/c13-15-12-11-3-1-2-9(8-4-5-8)10(11)6-7-14-12/h1-3,6-8H,4-5,13H2,(H,14,15). The molecule has 1 aliphatic rings. The van der Waals surface area contributed by atoms with E-state index in [9.17, 15) is 0 Å². The topological polar surface area (TPSA) is 50.9 Å². The average Bonchev–Trinajstić information content (AvgIpc) is 3.11. The fraction of sp³-hybridized carbons (Fsp3) is 0.250. The second-order valence-corrected chi connectivity index (χ2v) is 4.02. The van der Waals surface area contributed by atoms with Crippen LogP contribution in [0.1, 0.15) is 24.3 Å². The number of nitrogens with one attached hydrogen (secondary N) is 1. The molecule has 1 aromatic carbocycles. The summed E-state index contributed by atoms with van der Waals surface area (Å²) in [6.45, 7) is 0. The molecule has 0 spiro atoms. The van der Waals surface area contributed by atoms with Gasteiger partial charge in [-0.25, -0.2) is 10.8 Å². The fourth-order valence-corrected chi connectivity index (χ4v) is 2.10. The number of benzene rings is 1. The fourth-order valence-electron chi connectivity index (χ4n) is 2.10. The lowest BCUT2D eigenvalue weighted by Gasteiger charge is -2.08. The van der Waals surface area contributed by atoms with Gasteiger partial charge in [-0.1, -0.05) is 18.2 Å². The molecule has 76 valence electrons. The van der Waals surface area contributed by atoms with Gasteiger partial charge in [0.1, 0.15) is 5.82 Å². The first-order valence-electron chi connectivity index (χ1n) is 5.24. The number of anilines is 1. The van der Waals surface area contributed by atoms with Crippen molar-refractivity contribution in [3.8, 4) is 0 Å². The Morgan fingerprint density at radius 2 is 2.07 bits per heavy atom. The highest BCUT2D eigenvalue weighted by Gasteiger charge is 2.25. The van der Waals surface area contributed by atoms with Crippen LogP contribution in [0.15, 0.2) is 30.5 Å². The Labute approximate surface area is 88.3 Å². The van der Waals surface area contributed by atoms with Gasteiger partial charge in [0.05, 0.1) is 0 Å². The maximum Gasteiger partial charge on any atom is 0.147 e. The molecule has 0 unspecified atom stereocenters. The number of hydrogen-bond acceptors (Lipinski definition) is 3. The molecule has 0 saturated heterocycles. The molecule has 0 atom stereocenters. The number of nitrogen functional groups attached to an aromatic ring is 1. The number of rotatable bonds is 2. The molecule has 1 fully saturated rings. The van der Waals surface area contributed by atoms with E-state index in [1.807, 2.05) is 6.20 Å². The minimum absolute atomic E-state index is 0.752. The van der Waals surface area contributed by atoms with Crippen LogP contribution >= 0.6 is 0 Å². The van der Waals surface area contributed by atoms with E-state index in [0.29, 0.717) is 0 Å². The predicted molar refractivity (Wildman–Crippen MR) is 61.5 cm³/mol. The van der Waals surface area contributed by atoms with Gasteiger partial charge in [0.15, 0.2) is 0 Å². The van der Waals surface area contributed by atoms with Gasteiger partial charge in [0, 0.05) is 11.6 Å². The second kappa shape index (κ2) is 3.21. The molecule has 2 aromatic rings. The zero-order valence-electron chi connectivity index (χ0n) is 8.40. The van der Waals surface area contributed by atoms with Gasteiger partial charge in [-0.2, -0.15) is 0 Å². The highest BCUT2D eigenvalue weighted by Crippen LogP contribution is 2.43. The summed E-state index contributed by atoms with van der Waals surface area (Å²) >= 11 is 0. The van der Waals surface area contributed by atoms with Gasteiger partial charge in [-0.15, -0.1) is 0 Å². The molecule has 1 saturated carbocycles. The minimum atomic E-state index is 0.752. The van der Waals surface area contributed by atoms with Gasteiger partial charge in [-0.3, -0.25) is 0 Å². The maximum atomic E-state index is 5.45. The van der Waals surface area contributed by atoms with Crippen LogP contribution < -0.4 is 11.3 Å². The summed E-state index contributed by atoms with van der Waals surface area (Å²) in [6, 6.07) is 8.42. The van der Waals surface area contributed by atoms with Crippen molar-refractivity contribution in [2.24, 2.45) is 5.84 Å². The normalized spacial score (nSPS) is 15.5. The molecular formula is C12H13N3. The van der Waals surface area contributed by atoms with Crippen molar-refractivity contribution in [1.82, 2.24) is 4.98 Å². The molecule has 0 amide bonds. The van der Waals surface area contributed by atoms with E-state index in [1.54, 1.807) is 0 Å². The first-order valence-corrected chi connectivity index (χ1v) is 5.24. The molecule has 1 aliphatic carbocycles. The van der Waals surface area contributed by atoms with Crippen LogP contribution in [0.5, 0.6) is 0 Å². The summed E-state index contributed by atoms with van der Waals surface area (Å²) in [5, 5.41) is 2.40. The van der Waals surface area contributed by atoms with E-state index in [-0.39, 0.29) is 0 Å². The van der Waals surface area contributed by atoms with Gasteiger partial charge in [0.25, 0.3) is 0 Å². The number of aromatic nitrogens is 1. The molecule has 3 N–H and O–H groups in total. The SMILES string of the molecule is NNc1nccc2c(C3CC3)cccc12. The van der Waals surface area contributed by atoms with Crippen molar-refractivity contribution in [1.29, 1.82) is 0 Å². The number of fused-ring (bicyclic) bond motifs is 1. The molecule has 3 heteroatoms. The van der Waals surface area contributed by atoms with Crippen molar-refractivity contribution >= 4 is 16.6 Å². The zero-order chi connectivity index (χ0) is 10.3. The van der Waals surface area contributed by atoms with Crippen LogP contribution in [-0.4, -0.2) is 4.98 Å². The van der Waals surface area contributed by atoms with Gasteiger partial charge in [0.2, 0.25) is 0 Å². The van der Waals surface area contributed by atoms with E-state index in [0.717, 1.165) is 17.1 Å². The highest BCUT2D eigenvalue weighted by atomic mass is 15.2. The van der Waals surface area contributed by atoms with Crippen LogP contribution in [-0.2, 0) is 0 Å². The molecule has 0 aliphatic heterocycles. The maximum absolute atomic E-state index is 5.45. The molecule has 1 aromatic heterocycles. The van der Waals surface area contributed by atoms with Crippen LogP contribution in [0.3, 0.4) is 0 Å². The van der Waals surface area contributed by atoms with Gasteiger partial charge in [-0.05, 0) is 35.8 Å². The third-order valence-corrected chi connectivity index (χ3v) is 2.99. The molecule has 3 rings (SSSR count). The van der Waals surface area contributed by atoms with Gasteiger partial charge >= 0.3 is 0 Å². The van der Waals surface area contributed by atoms with E-state index in [1.165, 1.54) is 23.8 Å². The monoisotopic (exact) mass is 199 g/mol. The van der Waals surface area contributed by atoms with E-state index in [4.69, 9.17) is 5.84 Å². The predicted octanol–water partition coefficient (Wildman–Crippen LogP) is 2.40. The summed E-state index contributed by atoms with van der Waals surface area (Å²) in [7, 11) is 0. The highest BCUT2D eigenvalue weighted by molar-refractivity contribution is 5.94. The summed E-state index contributed by atoms with van der Waals surface area (Å²) in [5.74, 6) is 6.96. The first kappa shape index (κ1) is 8.68. The first-order chi connectivity index (χ1) is 7.40. The molecule has 1 heterocycles. The number of pyridine rings is 1. The summed E-state index contributed by atoms with van der Waals surface area (Å²) in [6.07, 6.45) is 4.43. The Morgan fingerprint density at radius 1 is 1.20 bits per heavy atom. The van der Waals surface area contributed by atoms with Crippen molar-refractivity contribution in [3.63, 3.8) is 0 Å². The molecular weight excluding hydrogens is 186 g/mol. The zero-order valence-corrected chi connectivity index (χ0v) is 8.40. The summed E-state index contributed by atoms with van der Waals surface area (Å²) in [4.78, 5) is 4.21. The van der Waals surface area contributed by atoms with Crippen LogP contribution in [0, 0.1) is 0 Å². The molecule has 3 nitrogen and oxygen atoms in total. The molecule has 15 heavy (non-hydrogen) atoms. The molecule has 0 bridgehead atoms. The lowest BCUT2D eigenvalue weighted by molar-refractivity contribution is 1.15. The number of hydrogen-bond donors (Lipinski definition) is 2. The third kappa shape index (κ3) is 1.36.